The van der Waals surface area contributed by atoms with Gasteiger partial charge in [-0.05, 0) is 35.7 Å². The number of hydrogen-bond donors (Lipinski definition) is 1. The van der Waals surface area contributed by atoms with Crippen molar-refractivity contribution in [2.45, 2.75) is 29.0 Å². The molecule has 2 atom stereocenters. The van der Waals surface area contributed by atoms with E-state index in [1.54, 1.807) is 23.9 Å². The molecule has 2 aromatic rings. The van der Waals surface area contributed by atoms with Gasteiger partial charge in [0.25, 0.3) is 0 Å². The minimum absolute atomic E-state index is 0.0776. The number of amides is 1. The van der Waals surface area contributed by atoms with E-state index in [9.17, 15) is 9.59 Å². The lowest BCUT2D eigenvalue weighted by Crippen LogP contribution is -2.36. The van der Waals surface area contributed by atoms with Crippen molar-refractivity contribution >= 4 is 35.2 Å². The fourth-order valence-corrected chi connectivity index (χ4v) is 4.12. The van der Waals surface area contributed by atoms with Crippen LogP contribution < -0.4 is 5.32 Å². The topological polar surface area (TPSA) is 55.4 Å². The van der Waals surface area contributed by atoms with Crippen LogP contribution in [0, 0.1) is 0 Å². The molecule has 1 aliphatic heterocycles. The van der Waals surface area contributed by atoms with Crippen molar-refractivity contribution < 1.29 is 14.3 Å². The Kier molecular flexibility index (Phi) is 5.66. The van der Waals surface area contributed by atoms with Crippen molar-refractivity contribution in [2.24, 2.45) is 0 Å². The van der Waals surface area contributed by atoms with E-state index in [1.807, 2.05) is 36.4 Å². The second-order valence-corrected chi connectivity index (χ2v) is 7.49. The summed E-state index contributed by atoms with van der Waals surface area (Å²) in [7, 11) is 1.34. The van der Waals surface area contributed by atoms with Crippen molar-refractivity contribution in [3.63, 3.8) is 0 Å². The number of thioether (sulfide) groups is 1. The molecular weight excluding hydrogens is 358 g/mol. The molecule has 0 aliphatic carbocycles. The largest absolute Gasteiger partial charge is 0.469 e. The molecule has 0 saturated heterocycles. The quantitative estimate of drug-likeness (QED) is 0.808. The van der Waals surface area contributed by atoms with Gasteiger partial charge in [0.1, 0.15) is 0 Å². The molecule has 1 aliphatic rings. The van der Waals surface area contributed by atoms with E-state index in [4.69, 9.17) is 16.3 Å². The molecule has 2 unspecified atom stereocenters. The number of ether oxygens (including phenoxy) is 1. The molecule has 2 aromatic carbocycles. The summed E-state index contributed by atoms with van der Waals surface area (Å²) in [5, 5.41) is 3.41. The van der Waals surface area contributed by atoms with Gasteiger partial charge in [-0.15, -0.1) is 11.8 Å². The van der Waals surface area contributed by atoms with E-state index in [2.05, 4.69) is 5.32 Å². The zero-order valence-electron chi connectivity index (χ0n) is 13.7. The summed E-state index contributed by atoms with van der Waals surface area (Å²) in [4.78, 5) is 25.6. The van der Waals surface area contributed by atoms with Crippen LogP contribution in [0.25, 0.3) is 0 Å². The number of benzene rings is 2. The van der Waals surface area contributed by atoms with Gasteiger partial charge in [-0.3, -0.25) is 9.59 Å². The zero-order chi connectivity index (χ0) is 17.8. The van der Waals surface area contributed by atoms with E-state index in [-0.39, 0.29) is 23.5 Å². The number of rotatable bonds is 5. The number of methoxy groups -OCH3 is 1. The van der Waals surface area contributed by atoms with Gasteiger partial charge < -0.3 is 10.1 Å². The summed E-state index contributed by atoms with van der Waals surface area (Å²) in [5.74, 6) is -0.451. The monoisotopic (exact) mass is 375 g/mol. The summed E-state index contributed by atoms with van der Waals surface area (Å²) in [6.07, 6.45) is 0.770. The van der Waals surface area contributed by atoms with Crippen LogP contribution >= 0.6 is 23.4 Å². The van der Waals surface area contributed by atoms with Gasteiger partial charge in [0.2, 0.25) is 5.91 Å². The lowest BCUT2D eigenvalue weighted by Gasteiger charge is -2.20. The van der Waals surface area contributed by atoms with E-state index in [1.165, 1.54) is 12.7 Å². The van der Waals surface area contributed by atoms with E-state index >= 15 is 0 Å². The maximum Gasteiger partial charge on any atom is 0.307 e. The number of carbonyl (C=O) groups excluding carboxylic acids is 2. The maximum atomic E-state index is 12.7. The number of carbonyl (C=O) groups is 2. The molecule has 1 amide bonds. The number of esters is 1. The van der Waals surface area contributed by atoms with Crippen LogP contribution in [-0.2, 0) is 20.7 Å². The van der Waals surface area contributed by atoms with Crippen LogP contribution in [0.15, 0.2) is 53.4 Å². The molecular formula is C19H18ClNO3S. The minimum atomic E-state index is -0.443. The highest BCUT2D eigenvalue weighted by Gasteiger charge is 2.30. The average Bonchev–Trinajstić information content (AvgIpc) is 3.06. The van der Waals surface area contributed by atoms with Crippen LogP contribution in [0.4, 0.5) is 0 Å². The second kappa shape index (κ2) is 7.93. The van der Waals surface area contributed by atoms with Crippen molar-refractivity contribution in [3.8, 4) is 0 Å². The first-order chi connectivity index (χ1) is 12.1. The van der Waals surface area contributed by atoms with Crippen LogP contribution in [0.5, 0.6) is 0 Å². The molecule has 4 nitrogen and oxygen atoms in total. The van der Waals surface area contributed by atoms with Gasteiger partial charge in [-0.2, -0.15) is 0 Å². The molecule has 0 spiro atoms. The maximum absolute atomic E-state index is 12.7. The summed E-state index contributed by atoms with van der Waals surface area (Å²) in [6.45, 7) is 0. The standard InChI is InChI=1S/C19H18ClNO3S/c1-24-18(22)11-15(12-6-8-14(20)9-7-12)21-19(23)17-10-13-4-2-3-5-16(13)25-17/h2-9,15,17H,10-11H2,1H3,(H,21,23). The number of hydrogen-bond acceptors (Lipinski definition) is 4. The predicted molar refractivity (Wildman–Crippen MR) is 98.8 cm³/mol. The molecule has 6 heteroatoms. The Morgan fingerprint density at radius 2 is 1.96 bits per heavy atom. The highest BCUT2D eigenvalue weighted by Crippen LogP contribution is 2.37. The smallest absolute Gasteiger partial charge is 0.307 e. The SMILES string of the molecule is COC(=O)CC(NC(=O)C1Cc2ccccc2S1)c1ccc(Cl)cc1. The minimum Gasteiger partial charge on any atom is -0.469 e. The summed E-state index contributed by atoms with van der Waals surface area (Å²) >= 11 is 7.49. The Morgan fingerprint density at radius 3 is 2.64 bits per heavy atom. The fourth-order valence-electron chi connectivity index (χ4n) is 2.79. The normalized spacial score (nSPS) is 16.8. The molecule has 0 aromatic heterocycles. The van der Waals surface area contributed by atoms with Crippen molar-refractivity contribution in [2.75, 3.05) is 7.11 Å². The van der Waals surface area contributed by atoms with Gasteiger partial charge in [-0.25, -0.2) is 0 Å². The zero-order valence-corrected chi connectivity index (χ0v) is 15.3. The summed E-state index contributed by atoms with van der Waals surface area (Å²) < 4.78 is 4.76. The van der Waals surface area contributed by atoms with Crippen molar-refractivity contribution in [1.29, 1.82) is 0 Å². The molecule has 3 rings (SSSR count). The van der Waals surface area contributed by atoms with Gasteiger partial charge in [0.05, 0.1) is 24.8 Å². The highest BCUT2D eigenvalue weighted by molar-refractivity contribution is 8.01. The fraction of sp³-hybridized carbons (Fsp3) is 0.263. The Bertz CT molecular complexity index is 753. The number of fused-ring (bicyclic) bond motifs is 1. The van der Waals surface area contributed by atoms with Gasteiger partial charge >= 0.3 is 5.97 Å². The van der Waals surface area contributed by atoms with E-state index in [0.29, 0.717) is 11.4 Å². The predicted octanol–water partition coefficient (Wildman–Crippen LogP) is 3.78. The molecule has 1 N–H and O–H groups in total. The van der Waals surface area contributed by atoms with E-state index < -0.39 is 6.04 Å². The third-order valence-electron chi connectivity index (χ3n) is 4.13. The van der Waals surface area contributed by atoms with Gasteiger partial charge in [0, 0.05) is 9.92 Å². The average molecular weight is 376 g/mol. The molecule has 1 heterocycles. The molecule has 130 valence electrons. The van der Waals surface area contributed by atoms with Gasteiger partial charge in [-0.1, -0.05) is 41.9 Å². The van der Waals surface area contributed by atoms with Crippen LogP contribution in [0.2, 0.25) is 5.02 Å². The number of nitrogens with one attached hydrogen (secondary N) is 1. The first-order valence-corrected chi connectivity index (χ1v) is 9.20. The van der Waals surface area contributed by atoms with Crippen LogP contribution in [-0.4, -0.2) is 24.2 Å². The van der Waals surface area contributed by atoms with Crippen molar-refractivity contribution in [1.82, 2.24) is 5.32 Å². The summed E-state index contributed by atoms with van der Waals surface area (Å²) in [6, 6.07) is 14.7. The molecule has 0 fully saturated rings. The first kappa shape index (κ1) is 17.8. The Labute approximate surface area is 155 Å². The van der Waals surface area contributed by atoms with Crippen LogP contribution in [0.3, 0.4) is 0 Å². The summed E-state index contributed by atoms with van der Waals surface area (Å²) in [5.41, 5.74) is 2.01. The highest BCUT2D eigenvalue weighted by atomic mass is 35.5. The molecule has 0 bridgehead atoms. The van der Waals surface area contributed by atoms with Crippen molar-refractivity contribution in [3.05, 3.63) is 64.7 Å². The Hall–Kier alpha value is -1.98. The molecule has 0 saturated carbocycles. The second-order valence-electron chi connectivity index (χ2n) is 5.81. The first-order valence-electron chi connectivity index (χ1n) is 7.94. The Morgan fingerprint density at radius 1 is 1.24 bits per heavy atom. The number of halogens is 1. The lowest BCUT2D eigenvalue weighted by atomic mass is 10.0. The third-order valence-corrected chi connectivity index (χ3v) is 5.70. The van der Waals surface area contributed by atoms with E-state index in [0.717, 1.165) is 10.5 Å². The van der Waals surface area contributed by atoms with Crippen LogP contribution in [0.1, 0.15) is 23.6 Å². The molecule has 25 heavy (non-hydrogen) atoms. The third kappa shape index (κ3) is 4.35. The molecule has 0 radical (unpaired) electrons. The Balaban J connectivity index is 1.72. The van der Waals surface area contributed by atoms with Gasteiger partial charge in [0.15, 0.2) is 0 Å². The lowest BCUT2D eigenvalue weighted by molar-refractivity contribution is -0.141.